The summed E-state index contributed by atoms with van der Waals surface area (Å²) in [6.07, 6.45) is 0.705. The fourth-order valence-corrected chi connectivity index (χ4v) is 3.36. The third-order valence-electron chi connectivity index (χ3n) is 3.60. The number of methoxy groups -OCH3 is 1. The third-order valence-corrected chi connectivity index (χ3v) is 4.53. The summed E-state index contributed by atoms with van der Waals surface area (Å²) in [6.45, 7) is 0. The second-order valence-electron chi connectivity index (χ2n) is 5.08. The number of hydrogen-bond donors (Lipinski definition) is 0. The maximum Gasteiger partial charge on any atom is 0.234 e. The molecule has 0 unspecified atom stereocenters. The summed E-state index contributed by atoms with van der Waals surface area (Å²) in [5.41, 5.74) is 2.16. The Morgan fingerprint density at radius 2 is 1.78 bits per heavy atom. The summed E-state index contributed by atoms with van der Waals surface area (Å²) >= 11 is 1.51. The minimum Gasteiger partial charge on any atom is -0.496 e. The van der Waals surface area contributed by atoms with Gasteiger partial charge >= 0.3 is 0 Å². The molecule has 4 rings (SSSR count). The summed E-state index contributed by atoms with van der Waals surface area (Å²) in [5, 5.41) is 14.1. The molecule has 0 saturated carbocycles. The van der Waals surface area contributed by atoms with Crippen LogP contribution in [0.15, 0.2) is 54.6 Å². The zero-order valence-corrected chi connectivity index (χ0v) is 13.3. The number of aromatic nitrogens is 4. The fraction of sp³-hybridized carbons (Fsp3) is 0.118. The zero-order chi connectivity index (χ0) is 15.6. The van der Waals surface area contributed by atoms with Crippen LogP contribution in [0.4, 0.5) is 0 Å². The molecule has 0 aliphatic rings. The van der Waals surface area contributed by atoms with Crippen LogP contribution in [0.25, 0.3) is 15.5 Å². The average molecular weight is 322 g/mol. The van der Waals surface area contributed by atoms with Crippen molar-refractivity contribution in [1.82, 2.24) is 19.8 Å². The molecular formula is C17H14N4OS. The van der Waals surface area contributed by atoms with Crippen LogP contribution < -0.4 is 4.74 Å². The van der Waals surface area contributed by atoms with E-state index in [1.165, 1.54) is 16.9 Å². The number of ether oxygens (including phenoxy) is 1. The molecule has 5 nitrogen and oxygen atoms in total. The SMILES string of the molecule is COc1ccccc1-c1nn2c(Cc3ccccc3)nnc2s1. The van der Waals surface area contributed by atoms with Crippen LogP contribution >= 0.6 is 11.3 Å². The van der Waals surface area contributed by atoms with Gasteiger partial charge in [0, 0.05) is 6.42 Å². The van der Waals surface area contributed by atoms with Crippen molar-refractivity contribution in [1.29, 1.82) is 0 Å². The van der Waals surface area contributed by atoms with Crippen LogP contribution in [0.5, 0.6) is 5.75 Å². The monoisotopic (exact) mass is 322 g/mol. The van der Waals surface area contributed by atoms with E-state index in [0.29, 0.717) is 6.42 Å². The molecule has 0 N–H and O–H groups in total. The number of rotatable bonds is 4. The number of para-hydroxylation sites is 1. The van der Waals surface area contributed by atoms with Crippen LogP contribution in [-0.4, -0.2) is 26.9 Å². The summed E-state index contributed by atoms with van der Waals surface area (Å²) in [4.78, 5) is 0.789. The Morgan fingerprint density at radius 1 is 1.00 bits per heavy atom. The number of hydrogen-bond acceptors (Lipinski definition) is 5. The van der Waals surface area contributed by atoms with E-state index in [0.717, 1.165) is 27.1 Å². The van der Waals surface area contributed by atoms with Gasteiger partial charge in [0.05, 0.1) is 12.7 Å². The van der Waals surface area contributed by atoms with Gasteiger partial charge in [-0.2, -0.15) is 9.61 Å². The van der Waals surface area contributed by atoms with Crippen molar-refractivity contribution < 1.29 is 4.74 Å². The highest BCUT2D eigenvalue weighted by Gasteiger charge is 2.15. The van der Waals surface area contributed by atoms with Crippen LogP contribution in [0, 0.1) is 0 Å². The second kappa shape index (κ2) is 5.81. The minimum absolute atomic E-state index is 0.705. The predicted molar refractivity (Wildman–Crippen MR) is 89.9 cm³/mol. The van der Waals surface area contributed by atoms with Gasteiger partial charge in [-0.3, -0.25) is 0 Å². The Bertz CT molecular complexity index is 946. The summed E-state index contributed by atoms with van der Waals surface area (Å²) in [6, 6.07) is 18.1. The van der Waals surface area contributed by atoms with Crippen molar-refractivity contribution in [3.63, 3.8) is 0 Å². The molecule has 0 aliphatic carbocycles. The highest BCUT2D eigenvalue weighted by molar-refractivity contribution is 7.19. The van der Waals surface area contributed by atoms with Crippen molar-refractivity contribution in [3.05, 3.63) is 66.0 Å². The van der Waals surface area contributed by atoms with Crippen molar-refractivity contribution in [2.45, 2.75) is 6.42 Å². The molecule has 2 heterocycles. The number of benzene rings is 2. The quantitative estimate of drug-likeness (QED) is 0.577. The van der Waals surface area contributed by atoms with E-state index in [-0.39, 0.29) is 0 Å². The number of fused-ring (bicyclic) bond motifs is 1. The van der Waals surface area contributed by atoms with Crippen LogP contribution in [0.3, 0.4) is 0 Å². The maximum atomic E-state index is 5.42. The van der Waals surface area contributed by atoms with Crippen molar-refractivity contribution in [2.75, 3.05) is 7.11 Å². The first-order valence-electron chi connectivity index (χ1n) is 7.23. The lowest BCUT2D eigenvalue weighted by molar-refractivity contribution is 0.416. The van der Waals surface area contributed by atoms with E-state index in [2.05, 4.69) is 27.4 Å². The van der Waals surface area contributed by atoms with Crippen LogP contribution in [0.2, 0.25) is 0 Å². The highest BCUT2D eigenvalue weighted by atomic mass is 32.1. The second-order valence-corrected chi connectivity index (χ2v) is 6.04. The van der Waals surface area contributed by atoms with E-state index >= 15 is 0 Å². The van der Waals surface area contributed by atoms with Gasteiger partial charge < -0.3 is 4.74 Å². The van der Waals surface area contributed by atoms with Gasteiger partial charge in [-0.05, 0) is 17.7 Å². The van der Waals surface area contributed by atoms with Gasteiger partial charge in [-0.1, -0.05) is 53.8 Å². The molecule has 114 valence electrons. The van der Waals surface area contributed by atoms with Gasteiger partial charge in [-0.25, -0.2) is 0 Å². The predicted octanol–water partition coefficient (Wildman–Crippen LogP) is 3.45. The van der Waals surface area contributed by atoms with Crippen LogP contribution in [-0.2, 0) is 6.42 Å². The lowest BCUT2D eigenvalue weighted by atomic mass is 10.1. The Morgan fingerprint density at radius 3 is 2.61 bits per heavy atom. The molecule has 0 spiro atoms. The maximum absolute atomic E-state index is 5.42. The lowest BCUT2D eigenvalue weighted by Gasteiger charge is -2.04. The average Bonchev–Trinajstić information content (AvgIpc) is 3.18. The summed E-state index contributed by atoms with van der Waals surface area (Å²) in [5.74, 6) is 1.64. The van der Waals surface area contributed by atoms with E-state index < -0.39 is 0 Å². The molecule has 0 amide bonds. The van der Waals surface area contributed by atoms with Gasteiger partial charge in [0.15, 0.2) is 10.8 Å². The molecule has 0 atom stereocenters. The topological polar surface area (TPSA) is 52.3 Å². The van der Waals surface area contributed by atoms with E-state index in [9.17, 15) is 0 Å². The largest absolute Gasteiger partial charge is 0.496 e. The standard InChI is InChI=1S/C17H14N4OS/c1-22-14-10-6-5-9-13(14)16-20-21-15(18-19-17(21)23-16)11-12-7-3-2-4-8-12/h2-10H,11H2,1H3. The molecule has 0 bridgehead atoms. The lowest BCUT2D eigenvalue weighted by Crippen LogP contribution is -1.97. The minimum atomic E-state index is 0.705. The molecule has 6 heteroatoms. The first-order chi connectivity index (χ1) is 11.3. The van der Waals surface area contributed by atoms with Gasteiger partial charge in [0.1, 0.15) is 5.75 Å². The molecule has 0 radical (unpaired) electrons. The first-order valence-corrected chi connectivity index (χ1v) is 8.05. The Hall–Kier alpha value is -2.73. The first kappa shape index (κ1) is 13.9. The number of nitrogens with zero attached hydrogens (tertiary/aromatic N) is 4. The summed E-state index contributed by atoms with van der Waals surface area (Å²) in [7, 11) is 1.67. The van der Waals surface area contributed by atoms with Crippen molar-refractivity contribution in [2.24, 2.45) is 0 Å². The van der Waals surface area contributed by atoms with Crippen molar-refractivity contribution >= 4 is 16.3 Å². The molecule has 0 saturated heterocycles. The molecule has 4 aromatic rings. The third kappa shape index (κ3) is 2.57. The van der Waals surface area contributed by atoms with Crippen molar-refractivity contribution in [3.8, 4) is 16.3 Å². The van der Waals surface area contributed by atoms with E-state index in [1.807, 2.05) is 47.0 Å². The highest BCUT2D eigenvalue weighted by Crippen LogP contribution is 2.32. The molecule has 0 fully saturated rings. The smallest absolute Gasteiger partial charge is 0.234 e. The normalized spacial score (nSPS) is 11.0. The Kier molecular flexibility index (Phi) is 3.51. The van der Waals surface area contributed by atoms with Gasteiger partial charge in [0.25, 0.3) is 0 Å². The zero-order valence-electron chi connectivity index (χ0n) is 12.5. The fourth-order valence-electron chi connectivity index (χ4n) is 2.48. The molecule has 2 aromatic heterocycles. The van der Waals surface area contributed by atoms with Gasteiger partial charge in [-0.15, -0.1) is 10.2 Å². The molecular weight excluding hydrogens is 308 g/mol. The molecule has 23 heavy (non-hydrogen) atoms. The molecule has 0 aliphatic heterocycles. The van der Waals surface area contributed by atoms with Gasteiger partial charge in [0.2, 0.25) is 4.96 Å². The summed E-state index contributed by atoms with van der Waals surface area (Å²) < 4.78 is 7.24. The van der Waals surface area contributed by atoms with E-state index in [4.69, 9.17) is 4.74 Å². The van der Waals surface area contributed by atoms with E-state index in [1.54, 1.807) is 7.11 Å². The molecule has 2 aromatic carbocycles. The van der Waals surface area contributed by atoms with Crippen LogP contribution in [0.1, 0.15) is 11.4 Å². The Labute approximate surface area is 137 Å². The Balaban J connectivity index is 1.75.